The number of hydrogen-bond acceptors (Lipinski definition) is 3. The fourth-order valence-corrected chi connectivity index (χ4v) is 4.15. The van der Waals surface area contributed by atoms with Gasteiger partial charge >= 0.3 is 0 Å². The minimum Gasteiger partial charge on any atom is -0.488 e. The molecule has 4 nitrogen and oxygen atoms in total. The summed E-state index contributed by atoms with van der Waals surface area (Å²) in [6, 6.07) is 10.1. The van der Waals surface area contributed by atoms with E-state index in [1.165, 1.54) is 19.3 Å². The molecule has 1 amide bonds. The Balaban J connectivity index is 1.36. The molecule has 2 fully saturated rings. The molecule has 1 aliphatic carbocycles. The van der Waals surface area contributed by atoms with Crippen molar-refractivity contribution < 1.29 is 9.53 Å². The van der Waals surface area contributed by atoms with Crippen LogP contribution in [0, 0.1) is 5.92 Å². The zero-order valence-corrected chi connectivity index (χ0v) is 14.7. The van der Waals surface area contributed by atoms with Gasteiger partial charge in [0, 0.05) is 43.4 Å². The number of carbonyl (C=O) groups is 1. The van der Waals surface area contributed by atoms with E-state index in [-0.39, 0.29) is 12.0 Å². The number of piperidine rings is 1. The molecule has 4 heteroatoms. The topological polar surface area (TPSA) is 42.4 Å². The number of hydrogen-bond donors (Lipinski definition) is 0. The van der Waals surface area contributed by atoms with Gasteiger partial charge < -0.3 is 9.64 Å². The standard InChI is InChI=1S/C21H26N2O2/c24-21(17-6-2-1-3-7-17)23-14-11-18(12-15-23)25-19-10-4-8-16-9-5-13-22-20(16)19/h4-5,8-10,13,17-18H,1-3,6-7,11-12,14-15H2. The molecule has 132 valence electrons. The van der Waals surface area contributed by atoms with E-state index in [4.69, 9.17) is 4.74 Å². The maximum Gasteiger partial charge on any atom is 0.225 e. The maximum absolute atomic E-state index is 12.7. The lowest BCUT2D eigenvalue weighted by molar-refractivity contribution is -0.138. The van der Waals surface area contributed by atoms with Crippen molar-refractivity contribution in [1.29, 1.82) is 0 Å². The second kappa shape index (κ2) is 7.42. The van der Waals surface area contributed by atoms with Crippen LogP contribution >= 0.6 is 0 Å². The molecule has 2 heterocycles. The van der Waals surface area contributed by atoms with E-state index in [1.54, 1.807) is 6.20 Å². The lowest BCUT2D eigenvalue weighted by atomic mass is 9.88. The van der Waals surface area contributed by atoms with Crippen LogP contribution in [0.15, 0.2) is 36.5 Å². The molecule has 2 aromatic rings. The Kier molecular flexibility index (Phi) is 4.86. The number of amides is 1. The van der Waals surface area contributed by atoms with Gasteiger partial charge in [0.2, 0.25) is 5.91 Å². The first-order valence-electron chi connectivity index (χ1n) is 9.60. The van der Waals surface area contributed by atoms with Gasteiger partial charge in [0.05, 0.1) is 0 Å². The van der Waals surface area contributed by atoms with E-state index in [1.807, 2.05) is 18.2 Å². The first-order chi connectivity index (χ1) is 12.3. The Bertz CT molecular complexity index is 726. The van der Waals surface area contributed by atoms with E-state index in [0.717, 1.165) is 55.4 Å². The third-order valence-electron chi connectivity index (χ3n) is 5.60. The molecule has 1 aromatic heterocycles. The minimum absolute atomic E-state index is 0.169. The van der Waals surface area contributed by atoms with Crippen LogP contribution in [0.5, 0.6) is 5.75 Å². The van der Waals surface area contributed by atoms with Crippen molar-refractivity contribution in [2.24, 2.45) is 5.92 Å². The summed E-state index contributed by atoms with van der Waals surface area (Å²) in [7, 11) is 0. The molecule has 25 heavy (non-hydrogen) atoms. The molecule has 1 aliphatic heterocycles. The van der Waals surface area contributed by atoms with Crippen molar-refractivity contribution in [3.05, 3.63) is 36.5 Å². The first kappa shape index (κ1) is 16.4. The summed E-state index contributed by atoms with van der Waals surface area (Å²) in [5.74, 6) is 1.51. The molecule has 0 atom stereocenters. The highest BCUT2D eigenvalue weighted by atomic mass is 16.5. The van der Waals surface area contributed by atoms with Crippen LogP contribution in [0.2, 0.25) is 0 Å². The van der Waals surface area contributed by atoms with Crippen molar-refractivity contribution in [2.45, 2.75) is 51.0 Å². The van der Waals surface area contributed by atoms with Gasteiger partial charge in [0.25, 0.3) is 0 Å². The number of ether oxygens (including phenoxy) is 1. The second-order valence-electron chi connectivity index (χ2n) is 7.31. The number of rotatable bonds is 3. The van der Waals surface area contributed by atoms with Gasteiger partial charge in [-0.2, -0.15) is 0 Å². The van der Waals surface area contributed by atoms with Crippen molar-refractivity contribution in [2.75, 3.05) is 13.1 Å². The predicted molar refractivity (Wildman–Crippen MR) is 98.5 cm³/mol. The molecule has 0 radical (unpaired) electrons. The van der Waals surface area contributed by atoms with Crippen molar-refractivity contribution in [3.8, 4) is 5.75 Å². The Morgan fingerprint density at radius 1 is 1.00 bits per heavy atom. The van der Waals surface area contributed by atoms with Gasteiger partial charge in [0.15, 0.2) is 0 Å². The third-order valence-corrected chi connectivity index (χ3v) is 5.60. The number of nitrogens with zero attached hydrogens (tertiary/aromatic N) is 2. The highest BCUT2D eigenvalue weighted by Crippen LogP contribution is 2.29. The number of likely N-dealkylation sites (tertiary alicyclic amines) is 1. The normalized spacial score (nSPS) is 19.9. The number of aromatic nitrogens is 1. The average Bonchev–Trinajstić information content (AvgIpc) is 2.69. The monoisotopic (exact) mass is 338 g/mol. The summed E-state index contributed by atoms with van der Waals surface area (Å²) >= 11 is 0. The maximum atomic E-state index is 12.7. The Morgan fingerprint density at radius 3 is 2.56 bits per heavy atom. The largest absolute Gasteiger partial charge is 0.488 e. The fraction of sp³-hybridized carbons (Fsp3) is 0.524. The van der Waals surface area contributed by atoms with Gasteiger partial charge in [-0.25, -0.2) is 0 Å². The molecule has 4 rings (SSSR count). The zero-order chi connectivity index (χ0) is 17.1. The molecule has 2 aliphatic rings. The fourth-order valence-electron chi connectivity index (χ4n) is 4.15. The number of fused-ring (bicyclic) bond motifs is 1. The van der Waals surface area contributed by atoms with Crippen LogP contribution in [0.25, 0.3) is 10.9 Å². The summed E-state index contributed by atoms with van der Waals surface area (Å²) in [5.41, 5.74) is 0.922. The van der Waals surface area contributed by atoms with Crippen LogP contribution in [0.4, 0.5) is 0 Å². The molecule has 1 aromatic carbocycles. The summed E-state index contributed by atoms with van der Waals surface area (Å²) in [6.45, 7) is 1.64. The van der Waals surface area contributed by atoms with E-state index >= 15 is 0 Å². The summed E-state index contributed by atoms with van der Waals surface area (Å²) in [4.78, 5) is 19.2. The lowest BCUT2D eigenvalue weighted by Crippen LogP contribution is -2.44. The van der Waals surface area contributed by atoms with E-state index < -0.39 is 0 Å². The van der Waals surface area contributed by atoms with Crippen molar-refractivity contribution in [1.82, 2.24) is 9.88 Å². The van der Waals surface area contributed by atoms with E-state index in [9.17, 15) is 4.79 Å². The lowest BCUT2D eigenvalue weighted by Gasteiger charge is -2.35. The number of carbonyl (C=O) groups excluding carboxylic acids is 1. The SMILES string of the molecule is O=C(C1CCCCC1)N1CCC(Oc2cccc3cccnc23)CC1. The van der Waals surface area contributed by atoms with Crippen molar-refractivity contribution in [3.63, 3.8) is 0 Å². The van der Waals surface area contributed by atoms with Gasteiger partial charge in [0.1, 0.15) is 17.4 Å². The van der Waals surface area contributed by atoms with Crippen LogP contribution in [0.3, 0.4) is 0 Å². The third kappa shape index (κ3) is 3.63. The highest BCUT2D eigenvalue weighted by molar-refractivity contribution is 5.84. The molecular formula is C21H26N2O2. The van der Waals surface area contributed by atoms with Gasteiger partial charge in [-0.1, -0.05) is 37.5 Å². The first-order valence-corrected chi connectivity index (χ1v) is 9.60. The van der Waals surface area contributed by atoms with Gasteiger partial charge in [-0.05, 0) is 25.0 Å². The molecular weight excluding hydrogens is 312 g/mol. The van der Waals surface area contributed by atoms with E-state index in [2.05, 4.69) is 22.0 Å². The average molecular weight is 338 g/mol. The Labute approximate surface area is 149 Å². The minimum atomic E-state index is 0.169. The number of benzene rings is 1. The molecule has 1 saturated heterocycles. The van der Waals surface area contributed by atoms with Crippen LogP contribution < -0.4 is 4.74 Å². The molecule has 1 saturated carbocycles. The quantitative estimate of drug-likeness (QED) is 0.843. The molecule has 0 unspecified atom stereocenters. The molecule has 0 bridgehead atoms. The van der Waals surface area contributed by atoms with E-state index in [0.29, 0.717) is 5.91 Å². The smallest absolute Gasteiger partial charge is 0.225 e. The number of pyridine rings is 1. The van der Waals surface area contributed by atoms with Crippen molar-refractivity contribution >= 4 is 16.8 Å². The van der Waals surface area contributed by atoms with Crippen LogP contribution in [-0.2, 0) is 4.79 Å². The van der Waals surface area contributed by atoms with Crippen LogP contribution in [0.1, 0.15) is 44.9 Å². The molecule has 0 N–H and O–H groups in total. The Hall–Kier alpha value is -2.10. The zero-order valence-electron chi connectivity index (χ0n) is 14.7. The second-order valence-corrected chi connectivity index (χ2v) is 7.31. The number of para-hydroxylation sites is 1. The predicted octanol–water partition coefficient (Wildman–Crippen LogP) is 4.18. The summed E-state index contributed by atoms with van der Waals surface area (Å²) in [5, 5.41) is 1.10. The summed E-state index contributed by atoms with van der Waals surface area (Å²) in [6.07, 6.45) is 9.66. The summed E-state index contributed by atoms with van der Waals surface area (Å²) < 4.78 is 6.24. The van der Waals surface area contributed by atoms with Gasteiger partial charge in [-0.15, -0.1) is 0 Å². The highest BCUT2D eigenvalue weighted by Gasteiger charge is 2.29. The van der Waals surface area contributed by atoms with Gasteiger partial charge in [-0.3, -0.25) is 9.78 Å². The Morgan fingerprint density at radius 2 is 1.76 bits per heavy atom. The van der Waals surface area contributed by atoms with Crippen LogP contribution in [-0.4, -0.2) is 35.0 Å². The molecule has 0 spiro atoms.